The van der Waals surface area contributed by atoms with Crippen molar-refractivity contribution in [2.24, 2.45) is 0 Å². The fourth-order valence-corrected chi connectivity index (χ4v) is 2.35. The number of halogens is 3. The number of rotatable bonds is 4. The highest BCUT2D eigenvalue weighted by Gasteiger charge is 2.31. The van der Waals surface area contributed by atoms with Crippen molar-refractivity contribution < 1.29 is 26.9 Å². The predicted molar refractivity (Wildman–Crippen MR) is 56.5 cm³/mol. The first kappa shape index (κ1) is 14.5. The molecule has 1 aromatic rings. The van der Waals surface area contributed by atoms with Crippen LogP contribution >= 0.6 is 10.7 Å². The summed E-state index contributed by atoms with van der Waals surface area (Å²) in [6.45, 7) is 0. The predicted octanol–water partition coefficient (Wildman–Crippen LogP) is 2.27. The van der Waals surface area contributed by atoms with Crippen LogP contribution in [-0.2, 0) is 9.05 Å². The van der Waals surface area contributed by atoms with Crippen LogP contribution in [0.1, 0.15) is 22.3 Å². The molecule has 0 saturated carbocycles. The van der Waals surface area contributed by atoms with Crippen LogP contribution in [-0.4, -0.2) is 19.6 Å². The summed E-state index contributed by atoms with van der Waals surface area (Å²) in [5.41, 5.74) is -3.30. The Labute approximate surface area is 104 Å². The molecular formula is C8H4ClF2NO5S. The van der Waals surface area contributed by atoms with Gasteiger partial charge in [-0.15, -0.1) is 0 Å². The van der Waals surface area contributed by atoms with Crippen LogP contribution in [0.25, 0.3) is 0 Å². The fourth-order valence-electron chi connectivity index (χ4n) is 1.31. The molecule has 0 heterocycles. The molecule has 0 radical (unpaired) electrons. The van der Waals surface area contributed by atoms with E-state index in [-0.39, 0.29) is 6.29 Å². The van der Waals surface area contributed by atoms with Gasteiger partial charge in [-0.1, -0.05) is 0 Å². The third kappa shape index (κ3) is 2.62. The zero-order valence-electron chi connectivity index (χ0n) is 8.34. The molecule has 18 heavy (non-hydrogen) atoms. The third-order valence-corrected chi connectivity index (χ3v) is 3.39. The van der Waals surface area contributed by atoms with Crippen LogP contribution in [0.3, 0.4) is 0 Å². The van der Waals surface area contributed by atoms with Crippen molar-refractivity contribution in [3.63, 3.8) is 0 Å². The van der Waals surface area contributed by atoms with Gasteiger partial charge in [-0.2, -0.15) is 0 Å². The molecule has 0 bridgehead atoms. The van der Waals surface area contributed by atoms with Crippen molar-refractivity contribution in [1.82, 2.24) is 0 Å². The monoisotopic (exact) mass is 299 g/mol. The molecule has 0 atom stereocenters. The SMILES string of the molecule is O=Cc1c(S(=O)(=O)Cl)ccc(C(F)F)c1[N+](=O)[O-]. The van der Waals surface area contributed by atoms with Gasteiger partial charge in [-0.25, -0.2) is 17.2 Å². The molecule has 98 valence electrons. The van der Waals surface area contributed by atoms with Gasteiger partial charge in [0.15, 0.2) is 6.29 Å². The molecular weight excluding hydrogens is 296 g/mol. The number of carbonyl (C=O) groups excluding carboxylic acids is 1. The summed E-state index contributed by atoms with van der Waals surface area (Å²) in [6, 6.07) is 1.17. The first-order valence-corrected chi connectivity index (χ1v) is 6.50. The van der Waals surface area contributed by atoms with Gasteiger partial charge in [0.05, 0.1) is 15.4 Å². The van der Waals surface area contributed by atoms with E-state index in [1.165, 1.54) is 0 Å². The van der Waals surface area contributed by atoms with E-state index in [1.54, 1.807) is 0 Å². The third-order valence-electron chi connectivity index (χ3n) is 2.01. The topological polar surface area (TPSA) is 94.3 Å². The van der Waals surface area contributed by atoms with Crippen molar-refractivity contribution >= 4 is 31.7 Å². The minimum atomic E-state index is -4.45. The summed E-state index contributed by atoms with van der Waals surface area (Å²) < 4.78 is 47.2. The summed E-state index contributed by atoms with van der Waals surface area (Å²) in [5, 5.41) is 10.7. The lowest BCUT2D eigenvalue weighted by atomic mass is 10.1. The Kier molecular flexibility index (Phi) is 3.97. The molecule has 0 N–H and O–H groups in total. The molecule has 0 aromatic heterocycles. The molecule has 0 aliphatic carbocycles. The highest BCUT2D eigenvalue weighted by Crippen LogP contribution is 2.35. The van der Waals surface area contributed by atoms with Crippen LogP contribution in [0.2, 0.25) is 0 Å². The highest BCUT2D eigenvalue weighted by atomic mass is 35.7. The van der Waals surface area contributed by atoms with Gasteiger partial charge in [-0.3, -0.25) is 14.9 Å². The maximum Gasteiger partial charge on any atom is 0.290 e. The number of nitrogens with zero attached hydrogens (tertiary/aromatic N) is 1. The largest absolute Gasteiger partial charge is 0.298 e. The lowest BCUT2D eigenvalue weighted by Crippen LogP contribution is -2.06. The van der Waals surface area contributed by atoms with Crippen molar-refractivity contribution in [3.8, 4) is 0 Å². The number of hydrogen-bond acceptors (Lipinski definition) is 5. The van der Waals surface area contributed by atoms with Crippen LogP contribution in [0.5, 0.6) is 0 Å². The van der Waals surface area contributed by atoms with Crippen LogP contribution in [0.15, 0.2) is 17.0 Å². The fraction of sp³-hybridized carbons (Fsp3) is 0.125. The lowest BCUT2D eigenvalue weighted by molar-refractivity contribution is -0.386. The molecule has 0 unspecified atom stereocenters. The normalized spacial score (nSPS) is 11.6. The Hall–Kier alpha value is -1.61. The highest BCUT2D eigenvalue weighted by molar-refractivity contribution is 8.13. The van der Waals surface area contributed by atoms with Crippen LogP contribution in [0, 0.1) is 10.1 Å². The van der Waals surface area contributed by atoms with E-state index in [0.29, 0.717) is 12.1 Å². The minimum Gasteiger partial charge on any atom is -0.298 e. The van der Waals surface area contributed by atoms with E-state index in [2.05, 4.69) is 0 Å². The zero-order chi connectivity index (χ0) is 14.1. The van der Waals surface area contributed by atoms with E-state index >= 15 is 0 Å². The van der Waals surface area contributed by atoms with Gasteiger partial charge < -0.3 is 0 Å². The number of carbonyl (C=O) groups is 1. The Balaban J connectivity index is 3.81. The maximum absolute atomic E-state index is 12.5. The molecule has 0 spiro atoms. The Morgan fingerprint density at radius 2 is 1.94 bits per heavy atom. The number of aldehydes is 1. The van der Waals surface area contributed by atoms with Crippen molar-refractivity contribution in [3.05, 3.63) is 33.4 Å². The Morgan fingerprint density at radius 1 is 1.39 bits per heavy atom. The molecule has 1 rings (SSSR count). The number of benzene rings is 1. The standard InChI is InChI=1S/C8H4ClF2NO5S/c9-18(16,17)6-2-1-4(8(10)11)7(12(14)15)5(6)3-13/h1-3,8H. The van der Waals surface area contributed by atoms with E-state index in [4.69, 9.17) is 10.7 Å². The molecule has 0 saturated heterocycles. The van der Waals surface area contributed by atoms with Gasteiger partial charge in [0, 0.05) is 10.7 Å². The average molecular weight is 300 g/mol. The number of alkyl halides is 2. The van der Waals surface area contributed by atoms with E-state index in [0.717, 1.165) is 0 Å². The second-order valence-corrected chi connectivity index (χ2v) is 5.56. The first-order valence-electron chi connectivity index (χ1n) is 4.19. The minimum absolute atomic E-state index is 0.195. The summed E-state index contributed by atoms with van der Waals surface area (Å²) in [4.78, 5) is 19.2. The second kappa shape index (κ2) is 4.94. The second-order valence-electron chi connectivity index (χ2n) is 3.03. The van der Waals surface area contributed by atoms with Crippen molar-refractivity contribution in [2.75, 3.05) is 0 Å². The number of nitro benzene ring substituents is 1. The lowest BCUT2D eigenvalue weighted by Gasteiger charge is -2.06. The zero-order valence-corrected chi connectivity index (χ0v) is 9.91. The van der Waals surface area contributed by atoms with E-state index in [1.807, 2.05) is 0 Å². The summed E-state index contributed by atoms with van der Waals surface area (Å²) in [6.07, 6.45) is -3.42. The molecule has 0 aliphatic heterocycles. The van der Waals surface area contributed by atoms with E-state index < -0.39 is 42.1 Å². The van der Waals surface area contributed by atoms with Gasteiger partial charge in [0.25, 0.3) is 21.2 Å². The van der Waals surface area contributed by atoms with Gasteiger partial charge in [0.1, 0.15) is 5.56 Å². The van der Waals surface area contributed by atoms with Gasteiger partial charge in [-0.05, 0) is 12.1 Å². The Bertz CT molecular complexity index is 616. The molecule has 1 aromatic carbocycles. The molecule has 0 aliphatic rings. The molecule has 0 fully saturated rings. The molecule has 6 nitrogen and oxygen atoms in total. The van der Waals surface area contributed by atoms with Crippen LogP contribution < -0.4 is 0 Å². The molecule has 0 amide bonds. The summed E-state index contributed by atoms with van der Waals surface area (Å²) in [5.74, 6) is 0. The van der Waals surface area contributed by atoms with Gasteiger partial charge in [0.2, 0.25) is 0 Å². The van der Waals surface area contributed by atoms with Crippen molar-refractivity contribution in [2.45, 2.75) is 11.3 Å². The smallest absolute Gasteiger partial charge is 0.290 e. The van der Waals surface area contributed by atoms with Gasteiger partial charge >= 0.3 is 0 Å². The van der Waals surface area contributed by atoms with E-state index in [9.17, 15) is 32.1 Å². The number of hydrogen-bond donors (Lipinski definition) is 0. The summed E-state index contributed by atoms with van der Waals surface area (Å²) >= 11 is 0. The van der Waals surface area contributed by atoms with Crippen molar-refractivity contribution in [1.29, 1.82) is 0 Å². The maximum atomic E-state index is 12.5. The quantitative estimate of drug-likeness (QED) is 0.368. The van der Waals surface area contributed by atoms with Crippen LogP contribution in [0.4, 0.5) is 14.5 Å². The summed E-state index contributed by atoms with van der Waals surface area (Å²) in [7, 11) is 0.502. The Morgan fingerprint density at radius 3 is 2.28 bits per heavy atom. The first-order chi connectivity index (χ1) is 8.20. The average Bonchev–Trinajstić information content (AvgIpc) is 2.25. The molecule has 10 heteroatoms. The number of nitro groups is 1.